The molecule has 2 aromatic carbocycles. The van der Waals surface area contributed by atoms with Crippen molar-refractivity contribution < 1.29 is 24.2 Å². The second-order valence-electron chi connectivity index (χ2n) is 8.05. The van der Waals surface area contributed by atoms with Crippen LogP contribution in [0.15, 0.2) is 85.5 Å². The summed E-state index contributed by atoms with van der Waals surface area (Å²) in [6.45, 7) is 4.98. The Morgan fingerprint density at radius 2 is 1.94 bits per heavy atom. The molecular weight excluding hydrogens is 446 g/mol. The summed E-state index contributed by atoms with van der Waals surface area (Å²) in [5.41, 5.74) is 1.14. The maximum atomic E-state index is 13.2. The number of aliphatic hydroxyl groups is 1. The quantitative estimate of drug-likeness (QED) is 0.207. The lowest BCUT2D eigenvalue weighted by atomic mass is 9.95. The van der Waals surface area contributed by atoms with Gasteiger partial charge in [0.1, 0.15) is 23.9 Å². The summed E-state index contributed by atoms with van der Waals surface area (Å²) < 4.78 is 12.7. The topological polar surface area (TPSA) is 93.9 Å². The minimum atomic E-state index is -0.738. The van der Waals surface area contributed by atoms with E-state index in [1.165, 1.54) is 12.0 Å². The summed E-state index contributed by atoms with van der Waals surface area (Å²) in [7, 11) is 1.52. The number of amides is 1. The van der Waals surface area contributed by atoms with Crippen LogP contribution in [0.1, 0.15) is 23.6 Å². The van der Waals surface area contributed by atoms with E-state index in [0.717, 1.165) is 0 Å². The number of Topliss-reactive ketones (excluding diaryl/α,β-unsaturated/α-hetero) is 1. The third-order valence-corrected chi connectivity index (χ3v) is 5.82. The minimum absolute atomic E-state index is 0.0469. The second kappa shape index (κ2) is 10.7. The number of rotatable bonds is 10. The van der Waals surface area contributed by atoms with Crippen LogP contribution < -0.4 is 9.47 Å². The molecule has 2 heterocycles. The first kappa shape index (κ1) is 23.8. The molecule has 0 radical (unpaired) electrons. The first-order valence-corrected chi connectivity index (χ1v) is 11.3. The van der Waals surface area contributed by atoms with Crippen LogP contribution in [0.4, 0.5) is 0 Å². The normalized spacial score (nSPS) is 16.9. The Labute approximate surface area is 203 Å². The molecule has 1 aromatic heterocycles. The highest BCUT2D eigenvalue weighted by atomic mass is 16.5. The van der Waals surface area contributed by atoms with Crippen molar-refractivity contribution in [2.24, 2.45) is 0 Å². The van der Waals surface area contributed by atoms with Gasteiger partial charge in [-0.3, -0.25) is 9.59 Å². The van der Waals surface area contributed by atoms with Gasteiger partial charge >= 0.3 is 0 Å². The number of imidazole rings is 1. The SMILES string of the molecule is C=CCOc1ccc(C2/C(=C(\O)c3cccc(OC)c3)C(=O)C(=O)N2CCCn2ccnc2)cc1. The predicted molar refractivity (Wildman–Crippen MR) is 131 cm³/mol. The highest BCUT2D eigenvalue weighted by molar-refractivity contribution is 6.46. The Bertz CT molecular complexity index is 1230. The Kier molecular flexibility index (Phi) is 7.30. The molecule has 0 spiro atoms. The van der Waals surface area contributed by atoms with Crippen LogP contribution in [0, 0.1) is 0 Å². The predicted octanol–water partition coefficient (Wildman–Crippen LogP) is 3.97. The van der Waals surface area contributed by atoms with E-state index in [0.29, 0.717) is 48.7 Å². The molecule has 0 bridgehead atoms. The van der Waals surface area contributed by atoms with Crippen molar-refractivity contribution in [2.75, 3.05) is 20.3 Å². The summed E-state index contributed by atoms with van der Waals surface area (Å²) in [6, 6.07) is 13.2. The molecule has 180 valence electrons. The number of aliphatic hydroxyl groups excluding tert-OH is 1. The molecule has 1 amide bonds. The van der Waals surface area contributed by atoms with Crippen molar-refractivity contribution in [2.45, 2.75) is 19.0 Å². The molecule has 1 N–H and O–H groups in total. The number of aromatic nitrogens is 2. The van der Waals surface area contributed by atoms with Crippen LogP contribution in [0.25, 0.3) is 5.76 Å². The van der Waals surface area contributed by atoms with Gasteiger partial charge in [0.05, 0.1) is 25.1 Å². The maximum Gasteiger partial charge on any atom is 0.295 e. The lowest BCUT2D eigenvalue weighted by molar-refractivity contribution is -0.139. The Hall–Kier alpha value is -4.33. The van der Waals surface area contributed by atoms with Gasteiger partial charge in [-0.15, -0.1) is 0 Å². The van der Waals surface area contributed by atoms with Crippen molar-refractivity contribution in [3.05, 3.63) is 96.6 Å². The van der Waals surface area contributed by atoms with Crippen LogP contribution in [0.3, 0.4) is 0 Å². The maximum absolute atomic E-state index is 13.2. The number of nitrogens with zero attached hydrogens (tertiary/aromatic N) is 3. The average Bonchev–Trinajstić information content (AvgIpc) is 3.50. The van der Waals surface area contributed by atoms with Gasteiger partial charge in [0, 0.05) is 31.0 Å². The summed E-state index contributed by atoms with van der Waals surface area (Å²) in [6.07, 6.45) is 7.50. The van der Waals surface area contributed by atoms with Crippen molar-refractivity contribution in [3.8, 4) is 11.5 Å². The number of methoxy groups -OCH3 is 1. The summed E-state index contributed by atoms with van der Waals surface area (Å²) in [5.74, 6) is -0.430. The molecule has 1 aliphatic heterocycles. The van der Waals surface area contributed by atoms with Crippen LogP contribution in [-0.4, -0.2) is 51.5 Å². The number of benzene rings is 2. The molecule has 0 aliphatic carbocycles. The minimum Gasteiger partial charge on any atom is -0.507 e. The lowest BCUT2D eigenvalue weighted by Gasteiger charge is -2.25. The van der Waals surface area contributed by atoms with Crippen molar-refractivity contribution in [3.63, 3.8) is 0 Å². The molecule has 1 fully saturated rings. The monoisotopic (exact) mass is 473 g/mol. The average molecular weight is 474 g/mol. The highest BCUT2D eigenvalue weighted by Gasteiger charge is 2.45. The summed E-state index contributed by atoms with van der Waals surface area (Å²) >= 11 is 0. The molecule has 1 aliphatic rings. The standard InChI is InChI=1S/C27H27N3O5/c1-3-16-35-21-10-8-19(9-11-21)24-23(25(31)20-6-4-7-22(17-20)34-2)26(32)27(33)30(24)14-5-13-29-15-12-28-18-29/h3-4,6-12,15,17-18,24,31H,1,5,13-14,16H2,2H3/b25-23+. The van der Waals surface area contributed by atoms with Gasteiger partial charge in [-0.25, -0.2) is 4.98 Å². The second-order valence-corrected chi connectivity index (χ2v) is 8.05. The molecular formula is C27H27N3O5. The highest BCUT2D eigenvalue weighted by Crippen LogP contribution is 2.40. The van der Waals surface area contributed by atoms with E-state index >= 15 is 0 Å². The van der Waals surface area contributed by atoms with E-state index in [1.54, 1.807) is 67.1 Å². The van der Waals surface area contributed by atoms with Crippen molar-refractivity contribution in [1.82, 2.24) is 14.5 Å². The van der Waals surface area contributed by atoms with E-state index in [9.17, 15) is 14.7 Å². The number of carbonyl (C=O) groups excluding carboxylic acids is 2. The molecule has 0 saturated carbocycles. The lowest BCUT2D eigenvalue weighted by Crippen LogP contribution is -2.31. The Balaban J connectivity index is 1.71. The molecule has 1 atom stereocenters. The smallest absolute Gasteiger partial charge is 0.295 e. The fraction of sp³-hybridized carbons (Fsp3) is 0.222. The third-order valence-electron chi connectivity index (χ3n) is 5.82. The number of ketones is 1. The first-order valence-electron chi connectivity index (χ1n) is 11.3. The number of hydrogen-bond donors (Lipinski definition) is 1. The van der Waals surface area contributed by atoms with Gasteiger partial charge < -0.3 is 24.0 Å². The fourth-order valence-corrected chi connectivity index (χ4v) is 4.13. The molecule has 8 heteroatoms. The van der Waals surface area contributed by atoms with Gasteiger partial charge in [0.15, 0.2) is 0 Å². The molecule has 4 rings (SSSR count). The molecule has 1 saturated heterocycles. The molecule has 1 unspecified atom stereocenters. The van der Waals surface area contributed by atoms with E-state index < -0.39 is 17.7 Å². The summed E-state index contributed by atoms with van der Waals surface area (Å²) in [4.78, 5) is 31.8. The Morgan fingerprint density at radius 1 is 1.14 bits per heavy atom. The van der Waals surface area contributed by atoms with Crippen LogP contribution in [-0.2, 0) is 16.1 Å². The molecule has 35 heavy (non-hydrogen) atoms. The number of likely N-dealkylation sites (tertiary alicyclic amines) is 1. The largest absolute Gasteiger partial charge is 0.507 e. The van der Waals surface area contributed by atoms with Crippen LogP contribution in [0.5, 0.6) is 11.5 Å². The number of hydrogen-bond acceptors (Lipinski definition) is 6. The van der Waals surface area contributed by atoms with Gasteiger partial charge in [-0.05, 0) is 36.2 Å². The first-order chi connectivity index (χ1) is 17.0. The van der Waals surface area contributed by atoms with E-state index in [2.05, 4.69) is 11.6 Å². The van der Waals surface area contributed by atoms with E-state index in [4.69, 9.17) is 9.47 Å². The van der Waals surface area contributed by atoms with Gasteiger partial charge in [-0.1, -0.05) is 36.9 Å². The van der Waals surface area contributed by atoms with Crippen molar-refractivity contribution in [1.29, 1.82) is 0 Å². The Morgan fingerprint density at radius 3 is 2.63 bits per heavy atom. The summed E-state index contributed by atoms with van der Waals surface area (Å²) in [5, 5.41) is 11.2. The number of aryl methyl sites for hydroxylation is 1. The fourth-order valence-electron chi connectivity index (χ4n) is 4.13. The van der Waals surface area contributed by atoms with E-state index in [1.807, 2.05) is 10.8 Å². The van der Waals surface area contributed by atoms with Crippen LogP contribution in [0.2, 0.25) is 0 Å². The van der Waals surface area contributed by atoms with Crippen LogP contribution >= 0.6 is 0 Å². The van der Waals surface area contributed by atoms with Gasteiger partial charge in [-0.2, -0.15) is 0 Å². The zero-order valence-electron chi connectivity index (χ0n) is 19.5. The van der Waals surface area contributed by atoms with E-state index in [-0.39, 0.29) is 11.3 Å². The van der Waals surface area contributed by atoms with Crippen molar-refractivity contribution >= 4 is 17.4 Å². The zero-order chi connectivity index (χ0) is 24.8. The van der Waals surface area contributed by atoms with Gasteiger partial charge in [0.25, 0.3) is 11.7 Å². The molecule has 3 aromatic rings. The number of carbonyl (C=O) groups is 2. The molecule has 8 nitrogen and oxygen atoms in total. The van der Waals surface area contributed by atoms with Gasteiger partial charge in [0.2, 0.25) is 0 Å². The third kappa shape index (κ3) is 5.11. The zero-order valence-corrected chi connectivity index (χ0v) is 19.5. The number of ether oxygens (including phenoxy) is 2.